The number of nitrogens with two attached hydrogens (primary N) is 1. The molecule has 0 amide bonds. The van der Waals surface area contributed by atoms with Crippen LogP contribution >= 0.6 is 0 Å². The van der Waals surface area contributed by atoms with Gasteiger partial charge in [0, 0.05) is 6.07 Å². The van der Waals surface area contributed by atoms with Gasteiger partial charge in [0.05, 0.1) is 20.3 Å². The van der Waals surface area contributed by atoms with Crippen molar-refractivity contribution in [1.82, 2.24) is 0 Å². The molecule has 3 nitrogen and oxygen atoms in total. The summed E-state index contributed by atoms with van der Waals surface area (Å²) >= 11 is 0. The number of ether oxygens (including phenoxy) is 2. The van der Waals surface area contributed by atoms with Crippen molar-refractivity contribution in [3.8, 4) is 11.5 Å². The molecule has 0 saturated carbocycles. The third-order valence-electron chi connectivity index (χ3n) is 3.58. The van der Waals surface area contributed by atoms with Crippen LogP contribution in [0.3, 0.4) is 0 Å². The van der Waals surface area contributed by atoms with E-state index >= 15 is 0 Å². The largest absolute Gasteiger partial charge is 0.497 e. The monoisotopic (exact) mass is 285 g/mol. The Labute approximate surface area is 126 Å². The molecule has 0 aliphatic rings. The van der Waals surface area contributed by atoms with Gasteiger partial charge in [-0.15, -0.1) is 0 Å². The molecule has 2 rings (SSSR count). The molecule has 2 N–H and O–H groups in total. The van der Waals surface area contributed by atoms with E-state index in [4.69, 9.17) is 15.2 Å². The first-order valence-electron chi connectivity index (χ1n) is 7.25. The zero-order valence-corrected chi connectivity index (χ0v) is 12.9. The third-order valence-corrected chi connectivity index (χ3v) is 3.58. The lowest BCUT2D eigenvalue weighted by Crippen LogP contribution is -2.12. The van der Waals surface area contributed by atoms with E-state index in [0.29, 0.717) is 0 Å². The SMILES string of the molecule is CCCc1cccc(C(N)c2cc(OC)cc(OC)c2)c1. The average molecular weight is 285 g/mol. The highest BCUT2D eigenvalue weighted by Crippen LogP contribution is 2.29. The fraction of sp³-hybridized carbons (Fsp3) is 0.333. The van der Waals surface area contributed by atoms with E-state index in [1.807, 2.05) is 18.2 Å². The van der Waals surface area contributed by atoms with E-state index < -0.39 is 0 Å². The van der Waals surface area contributed by atoms with Gasteiger partial charge in [0.15, 0.2) is 0 Å². The van der Waals surface area contributed by atoms with Crippen molar-refractivity contribution < 1.29 is 9.47 Å². The lowest BCUT2D eigenvalue weighted by molar-refractivity contribution is 0.393. The molecule has 2 aromatic rings. The van der Waals surface area contributed by atoms with Crippen molar-refractivity contribution in [2.45, 2.75) is 25.8 Å². The first-order chi connectivity index (χ1) is 10.2. The molecule has 1 unspecified atom stereocenters. The minimum atomic E-state index is -0.189. The van der Waals surface area contributed by atoms with E-state index in [0.717, 1.165) is 35.5 Å². The molecule has 0 saturated heterocycles. The summed E-state index contributed by atoms with van der Waals surface area (Å²) < 4.78 is 10.6. The molecule has 112 valence electrons. The predicted molar refractivity (Wildman–Crippen MR) is 86.0 cm³/mol. The Bertz CT molecular complexity index is 573. The fourth-order valence-corrected chi connectivity index (χ4v) is 2.43. The van der Waals surface area contributed by atoms with Gasteiger partial charge in [-0.25, -0.2) is 0 Å². The van der Waals surface area contributed by atoms with E-state index in [-0.39, 0.29) is 6.04 Å². The number of rotatable bonds is 6. The summed E-state index contributed by atoms with van der Waals surface area (Å²) in [6.45, 7) is 2.18. The maximum absolute atomic E-state index is 6.42. The maximum atomic E-state index is 6.42. The molecular weight excluding hydrogens is 262 g/mol. The molecule has 0 bridgehead atoms. The highest BCUT2D eigenvalue weighted by Gasteiger charge is 2.12. The standard InChI is InChI=1S/C18H23NO2/c1-4-6-13-7-5-8-14(9-13)18(19)15-10-16(20-2)12-17(11-15)21-3/h5,7-12,18H,4,6,19H2,1-3H3. The van der Waals surface area contributed by atoms with Crippen LogP contribution in [0.15, 0.2) is 42.5 Å². The molecule has 0 fully saturated rings. The summed E-state index contributed by atoms with van der Waals surface area (Å²) in [4.78, 5) is 0. The molecule has 0 aliphatic heterocycles. The molecule has 0 heterocycles. The number of methoxy groups -OCH3 is 2. The zero-order valence-electron chi connectivity index (χ0n) is 12.9. The van der Waals surface area contributed by atoms with Crippen molar-refractivity contribution in [1.29, 1.82) is 0 Å². The molecule has 1 atom stereocenters. The number of benzene rings is 2. The summed E-state index contributed by atoms with van der Waals surface area (Å²) in [6.07, 6.45) is 2.20. The average Bonchev–Trinajstić information content (AvgIpc) is 2.54. The van der Waals surface area contributed by atoms with E-state index in [2.05, 4.69) is 31.2 Å². The summed E-state index contributed by atoms with van der Waals surface area (Å²) in [7, 11) is 3.29. The van der Waals surface area contributed by atoms with Crippen molar-refractivity contribution >= 4 is 0 Å². The minimum absolute atomic E-state index is 0.189. The second-order valence-corrected chi connectivity index (χ2v) is 5.12. The molecule has 0 aromatic heterocycles. The van der Waals surface area contributed by atoms with Gasteiger partial charge in [-0.1, -0.05) is 37.6 Å². The summed E-state index contributed by atoms with van der Waals surface area (Å²) in [5, 5.41) is 0. The van der Waals surface area contributed by atoms with Crippen LogP contribution in [0.4, 0.5) is 0 Å². The third kappa shape index (κ3) is 3.76. The fourth-order valence-electron chi connectivity index (χ4n) is 2.43. The van der Waals surface area contributed by atoms with E-state index in [1.54, 1.807) is 14.2 Å². The smallest absolute Gasteiger partial charge is 0.122 e. The zero-order chi connectivity index (χ0) is 15.2. The van der Waals surface area contributed by atoms with Crippen molar-refractivity contribution in [3.05, 3.63) is 59.2 Å². The van der Waals surface area contributed by atoms with Gasteiger partial charge >= 0.3 is 0 Å². The molecule has 0 aliphatic carbocycles. The minimum Gasteiger partial charge on any atom is -0.497 e. The van der Waals surface area contributed by atoms with Gasteiger partial charge in [0.25, 0.3) is 0 Å². The van der Waals surface area contributed by atoms with Gasteiger partial charge in [0.1, 0.15) is 11.5 Å². The summed E-state index contributed by atoms with van der Waals surface area (Å²) in [5.41, 5.74) is 9.83. The van der Waals surface area contributed by atoms with Crippen LogP contribution in [-0.2, 0) is 6.42 Å². The summed E-state index contributed by atoms with van der Waals surface area (Å²) in [6, 6.07) is 14.0. The van der Waals surface area contributed by atoms with Crippen LogP contribution in [0.5, 0.6) is 11.5 Å². The Kier molecular flexibility index (Phi) is 5.23. The van der Waals surface area contributed by atoms with Crippen LogP contribution in [0, 0.1) is 0 Å². The first kappa shape index (κ1) is 15.4. The van der Waals surface area contributed by atoms with Crippen molar-refractivity contribution in [2.24, 2.45) is 5.73 Å². The number of aryl methyl sites for hydroxylation is 1. The lowest BCUT2D eigenvalue weighted by Gasteiger charge is -2.16. The molecule has 2 aromatic carbocycles. The van der Waals surface area contributed by atoms with Crippen LogP contribution in [0.25, 0.3) is 0 Å². The molecule has 3 heteroatoms. The number of hydrogen-bond acceptors (Lipinski definition) is 3. The van der Waals surface area contributed by atoms with Crippen LogP contribution < -0.4 is 15.2 Å². The Balaban J connectivity index is 2.34. The second kappa shape index (κ2) is 7.14. The van der Waals surface area contributed by atoms with E-state index in [9.17, 15) is 0 Å². The van der Waals surface area contributed by atoms with Gasteiger partial charge in [-0.05, 0) is 35.2 Å². The summed E-state index contributed by atoms with van der Waals surface area (Å²) in [5.74, 6) is 1.51. The van der Waals surface area contributed by atoms with Crippen LogP contribution in [0.2, 0.25) is 0 Å². The quantitative estimate of drug-likeness (QED) is 0.880. The Morgan fingerprint density at radius 1 is 0.952 bits per heavy atom. The first-order valence-corrected chi connectivity index (χ1v) is 7.25. The predicted octanol–water partition coefficient (Wildman–Crippen LogP) is 3.70. The second-order valence-electron chi connectivity index (χ2n) is 5.12. The normalized spacial score (nSPS) is 12.0. The van der Waals surface area contributed by atoms with Crippen LogP contribution in [-0.4, -0.2) is 14.2 Å². The molecule has 0 spiro atoms. The Hall–Kier alpha value is -2.00. The van der Waals surface area contributed by atoms with Crippen LogP contribution in [0.1, 0.15) is 36.1 Å². The van der Waals surface area contributed by atoms with Gasteiger partial charge in [-0.3, -0.25) is 0 Å². The van der Waals surface area contributed by atoms with Gasteiger partial charge < -0.3 is 15.2 Å². The lowest BCUT2D eigenvalue weighted by atomic mass is 9.96. The van der Waals surface area contributed by atoms with Crippen molar-refractivity contribution in [3.63, 3.8) is 0 Å². The Morgan fingerprint density at radius 3 is 2.19 bits per heavy atom. The maximum Gasteiger partial charge on any atom is 0.122 e. The highest BCUT2D eigenvalue weighted by atomic mass is 16.5. The van der Waals surface area contributed by atoms with Gasteiger partial charge in [0.2, 0.25) is 0 Å². The highest BCUT2D eigenvalue weighted by molar-refractivity contribution is 5.43. The van der Waals surface area contributed by atoms with E-state index in [1.165, 1.54) is 5.56 Å². The molecule has 21 heavy (non-hydrogen) atoms. The number of hydrogen-bond donors (Lipinski definition) is 1. The van der Waals surface area contributed by atoms with Crippen molar-refractivity contribution in [2.75, 3.05) is 14.2 Å². The Morgan fingerprint density at radius 2 is 1.62 bits per heavy atom. The molecule has 0 radical (unpaired) electrons. The topological polar surface area (TPSA) is 44.5 Å². The molecular formula is C18H23NO2. The van der Waals surface area contributed by atoms with Gasteiger partial charge in [-0.2, -0.15) is 0 Å².